The lowest BCUT2D eigenvalue weighted by Crippen LogP contribution is -2.27. The first-order chi connectivity index (χ1) is 17.3. The fourth-order valence-electron chi connectivity index (χ4n) is 3.32. The first-order valence-electron chi connectivity index (χ1n) is 10.7. The molecule has 2 heterocycles. The molecule has 1 saturated heterocycles. The minimum absolute atomic E-state index is 0.140. The molecular formula is C23H20N4O7S2. The van der Waals surface area contributed by atoms with Crippen LogP contribution in [0.1, 0.15) is 18.9 Å². The highest BCUT2D eigenvalue weighted by molar-refractivity contribution is 8.15. The molecule has 11 nitrogen and oxygen atoms in total. The van der Waals surface area contributed by atoms with Gasteiger partial charge in [-0.1, -0.05) is 35.2 Å². The van der Waals surface area contributed by atoms with E-state index in [0.29, 0.717) is 17.7 Å². The highest BCUT2D eigenvalue weighted by Gasteiger charge is 2.34. The number of rotatable bonds is 9. The minimum atomic E-state index is -0.835. The molecule has 2 N–H and O–H groups in total. The summed E-state index contributed by atoms with van der Waals surface area (Å²) in [6.07, 6.45) is 1.11. The number of nitrogens with one attached hydrogen (secondary N) is 2. The van der Waals surface area contributed by atoms with Crippen LogP contribution in [0.5, 0.6) is 11.5 Å². The van der Waals surface area contributed by atoms with Crippen molar-refractivity contribution in [3.63, 3.8) is 0 Å². The van der Waals surface area contributed by atoms with E-state index in [9.17, 15) is 24.0 Å². The number of carbonyl (C=O) groups is 4. The Labute approximate surface area is 212 Å². The molecule has 0 saturated carbocycles. The summed E-state index contributed by atoms with van der Waals surface area (Å²) in [5, 5.41) is 4.71. The third-order valence-corrected chi connectivity index (χ3v) is 6.83. The van der Waals surface area contributed by atoms with Crippen LogP contribution in [0.3, 0.4) is 0 Å². The van der Waals surface area contributed by atoms with Crippen molar-refractivity contribution in [2.75, 3.05) is 6.61 Å². The van der Waals surface area contributed by atoms with Crippen LogP contribution >= 0.6 is 23.1 Å². The van der Waals surface area contributed by atoms with Gasteiger partial charge in [-0.3, -0.25) is 33.9 Å². The maximum atomic E-state index is 12.3. The van der Waals surface area contributed by atoms with E-state index in [-0.39, 0.29) is 29.3 Å². The lowest BCUT2D eigenvalue weighted by atomic mass is 10.2. The summed E-state index contributed by atoms with van der Waals surface area (Å²) in [6.45, 7) is 1.87. The molecule has 1 aliphatic rings. The molecule has 1 aliphatic heterocycles. The van der Waals surface area contributed by atoms with Crippen LogP contribution in [0.25, 0.3) is 10.2 Å². The van der Waals surface area contributed by atoms with Gasteiger partial charge in [0, 0.05) is 0 Å². The SMILES string of the molecule is CCOc1cc(/C=N\NC(=O)Cn2c(=O)sc3ccccc32)ccc1OC(=O)C[C@H]1SC(=O)NC1=O. The van der Waals surface area contributed by atoms with E-state index in [1.165, 1.54) is 16.8 Å². The van der Waals surface area contributed by atoms with Crippen molar-refractivity contribution < 1.29 is 28.7 Å². The molecule has 36 heavy (non-hydrogen) atoms. The number of nitrogens with zero attached hydrogens (tertiary/aromatic N) is 2. The number of ether oxygens (including phenoxy) is 2. The van der Waals surface area contributed by atoms with Gasteiger partial charge < -0.3 is 9.47 Å². The number of thiazole rings is 1. The predicted octanol–water partition coefficient (Wildman–Crippen LogP) is 2.26. The van der Waals surface area contributed by atoms with Crippen molar-refractivity contribution in [2.45, 2.75) is 25.1 Å². The van der Waals surface area contributed by atoms with E-state index in [1.54, 1.807) is 31.2 Å². The summed E-state index contributed by atoms with van der Waals surface area (Å²) in [5.74, 6) is -1.29. The monoisotopic (exact) mass is 528 g/mol. The number of carbonyl (C=O) groups excluding carboxylic acids is 4. The second-order valence-corrected chi connectivity index (χ2v) is 9.58. The molecule has 3 aromatic rings. The lowest BCUT2D eigenvalue weighted by Gasteiger charge is -2.12. The van der Waals surface area contributed by atoms with Gasteiger partial charge >= 0.3 is 10.8 Å². The first-order valence-corrected chi connectivity index (χ1v) is 12.4. The van der Waals surface area contributed by atoms with Crippen LogP contribution in [0.15, 0.2) is 52.4 Å². The number of benzene rings is 2. The van der Waals surface area contributed by atoms with Crippen molar-refractivity contribution in [2.24, 2.45) is 5.10 Å². The largest absolute Gasteiger partial charge is 0.490 e. The summed E-state index contributed by atoms with van der Waals surface area (Å²) >= 11 is 1.81. The Hall–Kier alpha value is -3.97. The maximum Gasteiger partial charge on any atom is 0.312 e. The van der Waals surface area contributed by atoms with Crippen LogP contribution < -0.4 is 25.1 Å². The van der Waals surface area contributed by atoms with Crippen LogP contribution in [-0.4, -0.2) is 45.7 Å². The van der Waals surface area contributed by atoms with Crippen LogP contribution in [-0.2, 0) is 20.9 Å². The summed E-state index contributed by atoms with van der Waals surface area (Å²) in [4.78, 5) is 59.4. The number of hydrazone groups is 1. The molecule has 1 atom stereocenters. The first kappa shape index (κ1) is 25.1. The number of thioether (sulfide) groups is 1. The molecule has 1 fully saturated rings. The topological polar surface area (TPSA) is 145 Å². The molecule has 0 bridgehead atoms. The average Bonchev–Trinajstić information content (AvgIpc) is 3.32. The molecule has 0 aliphatic carbocycles. The van der Waals surface area contributed by atoms with Gasteiger partial charge in [-0.2, -0.15) is 5.10 Å². The summed E-state index contributed by atoms with van der Waals surface area (Å²) in [7, 11) is 0. The number of hydrogen-bond donors (Lipinski definition) is 2. The fraction of sp³-hybridized carbons (Fsp3) is 0.217. The smallest absolute Gasteiger partial charge is 0.312 e. The minimum Gasteiger partial charge on any atom is -0.490 e. The van der Waals surface area contributed by atoms with Crippen molar-refractivity contribution >= 4 is 62.6 Å². The van der Waals surface area contributed by atoms with E-state index in [0.717, 1.165) is 27.8 Å². The molecule has 0 unspecified atom stereocenters. The third kappa shape index (κ3) is 5.98. The standard InChI is InChI=1S/C23H20N4O7S2/c1-2-33-16-9-13(7-8-15(16)34-20(29)10-18-21(30)25-22(31)35-18)11-24-26-19(28)12-27-14-5-3-4-6-17(14)36-23(27)32/h3-9,11,18H,2,10,12H2,1H3,(H,26,28)(H,25,30,31)/b24-11-/t18-/m1/s1. The lowest BCUT2D eigenvalue weighted by molar-refractivity contribution is -0.136. The molecular weight excluding hydrogens is 508 g/mol. The Bertz CT molecular complexity index is 1430. The third-order valence-electron chi connectivity index (χ3n) is 4.89. The highest BCUT2D eigenvalue weighted by atomic mass is 32.2. The zero-order valence-corrected chi connectivity index (χ0v) is 20.5. The maximum absolute atomic E-state index is 12.3. The van der Waals surface area contributed by atoms with Gasteiger partial charge in [0.2, 0.25) is 5.91 Å². The Morgan fingerprint density at radius 1 is 1.17 bits per heavy atom. The van der Waals surface area contributed by atoms with Crippen molar-refractivity contribution in [3.05, 3.63) is 57.7 Å². The quantitative estimate of drug-likeness (QED) is 0.186. The molecule has 3 amide bonds. The summed E-state index contributed by atoms with van der Waals surface area (Å²) in [5.41, 5.74) is 3.62. The predicted molar refractivity (Wildman–Crippen MR) is 135 cm³/mol. The molecule has 13 heteroatoms. The Morgan fingerprint density at radius 3 is 2.72 bits per heavy atom. The number of imide groups is 1. The van der Waals surface area contributed by atoms with E-state index < -0.39 is 28.3 Å². The second-order valence-electron chi connectivity index (χ2n) is 7.42. The Balaban J connectivity index is 1.38. The van der Waals surface area contributed by atoms with E-state index >= 15 is 0 Å². The van der Waals surface area contributed by atoms with Crippen LogP contribution in [0, 0.1) is 0 Å². The second kappa shape index (κ2) is 11.2. The average molecular weight is 529 g/mol. The highest BCUT2D eigenvalue weighted by Crippen LogP contribution is 2.30. The van der Waals surface area contributed by atoms with Crippen molar-refractivity contribution in [1.29, 1.82) is 0 Å². The van der Waals surface area contributed by atoms with Gasteiger partial charge in [-0.15, -0.1) is 0 Å². The molecule has 0 spiro atoms. The van der Waals surface area contributed by atoms with Gasteiger partial charge in [-0.05, 0) is 42.8 Å². The Morgan fingerprint density at radius 2 is 1.97 bits per heavy atom. The molecule has 2 aromatic carbocycles. The van der Waals surface area contributed by atoms with Gasteiger partial charge in [-0.25, -0.2) is 5.43 Å². The zero-order valence-electron chi connectivity index (χ0n) is 18.9. The number of para-hydroxylation sites is 1. The van der Waals surface area contributed by atoms with Gasteiger partial charge in [0.25, 0.3) is 11.1 Å². The fourth-order valence-corrected chi connectivity index (χ4v) is 5.02. The Kier molecular flexibility index (Phi) is 7.80. The van der Waals surface area contributed by atoms with Crippen LogP contribution in [0.4, 0.5) is 4.79 Å². The molecule has 1 aromatic heterocycles. The van der Waals surface area contributed by atoms with Crippen molar-refractivity contribution in [3.8, 4) is 11.5 Å². The van der Waals surface area contributed by atoms with E-state index in [4.69, 9.17) is 9.47 Å². The number of amides is 3. The number of fused-ring (bicyclic) bond motifs is 1. The van der Waals surface area contributed by atoms with Gasteiger partial charge in [0.15, 0.2) is 11.5 Å². The normalized spacial score (nSPS) is 15.3. The number of aromatic nitrogens is 1. The van der Waals surface area contributed by atoms with Gasteiger partial charge in [0.1, 0.15) is 11.8 Å². The summed E-state index contributed by atoms with van der Waals surface area (Å²) in [6, 6.07) is 11.9. The summed E-state index contributed by atoms with van der Waals surface area (Å²) < 4.78 is 13.0. The molecule has 4 rings (SSSR count). The van der Waals surface area contributed by atoms with E-state index in [1.807, 2.05) is 12.1 Å². The van der Waals surface area contributed by atoms with E-state index in [2.05, 4.69) is 15.8 Å². The van der Waals surface area contributed by atoms with Crippen molar-refractivity contribution in [1.82, 2.24) is 15.3 Å². The van der Waals surface area contributed by atoms with Crippen LogP contribution in [0.2, 0.25) is 0 Å². The molecule has 0 radical (unpaired) electrons. The number of hydrogen-bond acceptors (Lipinski definition) is 10. The molecule has 186 valence electrons. The van der Waals surface area contributed by atoms with Gasteiger partial charge in [0.05, 0.1) is 29.5 Å². The number of esters is 1. The zero-order chi connectivity index (χ0) is 25.7.